The van der Waals surface area contributed by atoms with Crippen molar-refractivity contribution >= 4 is 29.1 Å². The number of carbonyl (C=O) groups is 1. The normalized spacial score (nSPS) is 17.6. The molecular weight excluding hydrogens is 371 g/mol. The van der Waals surface area contributed by atoms with Crippen LogP contribution in [0.15, 0.2) is 30.3 Å². The summed E-state index contributed by atoms with van der Waals surface area (Å²) in [6, 6.07) is 6.89. The second kappa shape index (κ2) is 7.28. The molecule has 1 heterocycles. The van der Waals surface area contributed by atoms with Gasteiger partial charge in [-0.05, 0) is 31.2 Å². The molecule has 0 aliphatic carbocycles. The summed E-state index contributed by atoms with van der Waals surface area (Å²) in [6.07, 6.45) is -0.607. The lowest BCUT2D eigenvalue weighted by Crippen LogP contribution is -2.42. The molecule has 1 fully saturated rings. The molecule has 0 radical (unpaired) electrons. The predicted molar refractivity (Wildman–Crippen MR) is 92.2 cm³/mol. The Labute approximate surface area is 154 Å². The van der Waals surface area contributed by atoms with Crippen LogP contribution in [0.25, 0.3) is 0 Å². The molecule has 1 saturated heterocycles. The molecule has 1 aliphatic heterocycles. The van der Waals surface area contributed by atoms with E-state index in [0.29, 0.717) is 12.1 Å². The molecule has 1 unspecified atom stereocenters. The van der Waals surface area contributed by atoms with E-state index in [2.05, 4.69) is 0 Å². The number of halogens is 4. The Morgan fingerprint density at radius 1 is 1.16 bits per heavy atom. The Bertz CT molecular complexity index is 829. The molecule has 25 heavy (non-hydrogen) atoms. The predicted octanol–water partition coefficient (Wildman–Crippen LogP) is 4.79. The Kier molecular flexibility index (Phi) is 5.27. The summed E-state index contributed by atoms with van der Waals surface area (Å²) in [5.74, 6) is -1.62. The van der Waals surface area contributed by atoms with E-state index in [-0.39, 0.29) is 28.8 Å². The number of amides is 1. The van der Waals surface area contributed by atoms with E-state index in [4.69, 9.17) is 27.9 Å². The van der Waals surface area contributed by atoms with Crippen molar-refractivity contribution in [3.05, 3.63) is 68.7 Å². The van der Waals surface area contributed by atoms with Crippen LogP contribution in [-0.2, 0) is 4.74 Å². The minimum Gasteiger partial charge on any atom is -0.370 e. The molecule has 7 heteroatoms. The van der Waals surface area contributed by atoms with Gasteiger partial charge in [0.05, 0.1) is 23.7 Å². The summed E-state index contributed by atoms with van der Waals surface area (Å²) in [4.78, 5) is 14.1. The second-order valence-electron chi connectivity index (χ2n) is 5.88. The van der Waals surface area contributed by atoms with E-state index in [0.717, 1.165) is 5.56 Å². The number of carbonyl (C=O) groups excluding carboxylic acids is 1. The largest absolute Gasteiger partial charge is 0.370 e. The maximum absolute atomic E-state index is 14.0. The number of benzene rings is 2. The van der Waals surface area contributed by atoms with Crippen molar-refractivity contribution in [2.45, 2.75) is 13.0 Å². The molecule has 1 atom stereocenters. The van der Waals surface area contributed by atoms with E-state index in [9.17, 15) is 13.6 Å². The van der Waals surface area contributed by atoms with Crippen LogP contribution < -0.4 is 0 Å². The number of aryl methyl sites for hydroxylation is 1. The Morgan fingerprint density at radius 2 is 1.92 bits per heavy atom. The third-order valence-corrected chi connectivity index (χ3v) is 4.71. The van der Waals surface area contributed by atoms with E-state index in [1.165, 1.54) is 29.2 Å². The highest BCUT2D eigenvalue weighted by Gasteiger charge is 2.29. The van der Waals surface area contributed by atoms with Gasteiger partial charge in [-0.2, -0.15) is 0 Å². The van der Waals surface area contributed by atoms with Crippen molar-refractivity contribution in [3.8, 4) is 0 Å². The molecule has 0 bridgehead atoms. The average Bonchev–Trinajstić information content (AvgIpc) is 2.59. The average molecular weight is 386 g/mol. The third-order valence-electron chi connectivity index (χ3n) is 4.09. The third kappa shape index (κ3) is 3.78. The first-order valence-corrected chi connectivity index (χ1v) is 8.44. The molecule has 132 valence electrons. The molecule has 3 nitrogen and oxygen atoms in total. The van der Waals surface area contributed by atoms with Crippen LogP contribution in [0.4, 0.5) is 8.78 Å². The summed E-state index contributed by atoms with van der Waals surface area (Å²) < 4.78 is 33.4. The van der Waals surface area contributed by atoms with Gasteiger partial charge in [-0.1, -0.05) is 34.8 Å². The monoisotopic (exact) mass is 385 g/mol. The summed E-state index contributed by atoms with van der Waals surface area (Å²) in [5, 5.41) is 0.173. The molecule has 0 aromatic heterocycles. The van der Waals surface area contributed by atoms with Crippen molar-refractivity contribution in [1.82, 2.24) is 4.90 Å². The number of rotatable bonds is 2. The first-order chi connectivity index (χ1) is 11.9. The van der Waals surface area contributed by atoms with Crippen molar-refractivity contribution < 1.29 is 18.3 Å². The molecule has 1 aliphatic rings. The van der Waals surface area contributed by atoms with Crippen LogP contribution in [0.1, 0.15) is 27.6 Å². The first-order valence-electron chi connectivity index (χ1n) is 7.68. The molecule has 0 spiro atoms. The fourth-order valence-corrected chi connectivity index (χ4v) is 3.28. The number of ether oxygens (including phenoxy) is 1. The van der Waals surface area contributed by atoms with Crippen LogP contribution in [0.5, 0.6) is 0 Å². The Hall–Kier alpha value is -1.69. The van der Waals surface area contributed by atoms with Crippen molar-refractivity contribution in [3.63, 3.8) is 0 Å². The van der Waals surface area contributed by atoms with Gasteiger partial charge in [0.2, 0.25) is 0 Å². The first kappa shape index (κ1) is 18.1. The number of nitrogens with zero attached hydrogens (tertiary/aromatic N) is 1. The lowest BCUT2D eigenvalue weighted by Gasteiger charge is -2.33. The number of hydrogen-bond acceptors (Lipinski definition) is 2. The topological polar surface area (TPSA) is 29.5 Å². The number of morpholine rings is 1. The summed E-state index contributed by atoms with van der Waals surface area (Å²) >= 11 is 11.8. The van der Waals surface area contributed by atoms with Gasteiger partial charge in [-0.25, -0.2) is 8.78 Å². The SMILES string of the molecule is Cc1ccc(F)c(C(=O)N2CCOC(c3cc(F)c(Cl)cc3Cl)C2)c1. The highest BCUT2D eigenvalue weighted by molar-refractivity contribution is 6.35. The summed E-state index contributed by atoms with van der Waals surface area (Å²) in [5.41, 5.74) is 1.21. The van der Waals surface area contributed by atoms with Crippen molar-refractivity contribution in [1.29, 1.82) is 0 Å². The van der Waals surface area contributed by atoms with E-state index < -0.39 is 23.6 Å². The maximum Gasteiger partial charge on any atom is 0.257 e. The summed E-state index contributed by atoms with van der Waals surface area (Å²) in [7, 11) is 0. The molecule has 2 aromatic rings. The molecular formula is C18H15Cl2F2NO2. The van der Waals surface area contributed by atoms with E-state index >= 15 is 0 Å². The fraction of sp³-hybridized carbons (Fsp3) is 0.278. The Balaban J connectivity index is 1.85. The van der Waals surface area contributed by atoms with Crippen molar-refractivity contribution in [2.24, 2.45) is 0 Å². The van der Waals surface area contributed by atoms with Crippen LogP contribution >= 0.6 is 23.2 Å². The van der Waals surface area contributed by atoms with Gasteiger partial charge in [0.25, 0.3) is 5.91 Å². The van der Waals surface area contributed by atoms with E-state index in [1.807, 2.05) is 0 Å². The molecule has 0 N–H and O–H groups in total. The Morgan fingerprint density at radius 3 is 2.68 bits per heavy atom. The lowest BCUT2D eigenvalue weighted by atomic mass is 10.1. The zero-order chi connectivity index (χ0) is 18.1. The zero-order valence-corrected chi connectivity index (χ0v) is 14.9. The van der Waals surface area contributed by atoms with Gasteiger partial charge in [0.1, 0.15) is 17.7 Å². The number of hydrogen-bond donors (Lipinski definition) is 0. The highest BCUT2D eigenvalue weighted by Crippen LogP contribution is 2.32. The molecule has 0 saturated carbocycles. The standard InChI is InChI=1S/C18H15Cl2F2NO2/c1-10-2-3-15(21)12(6-10)18(24)23-4-5-25-17(9-23)11-7-16(22)14(20)8-13(11)19/h2-3,6-8,17H,4-5,9H2,1H3. The summed E-state index contributed by atoms with van der Waals surface area (Å²) in [6.45, 7) is 2.49. The van der Waals surface area contributed by atoms with Gasteiger partial charge in [-0.3, -0.25) is 4.79 Å². The van der Waals surface area contributed by atoms with Crippen LogP contribution in [0, 0.1) is 18.6 Å². The van der Waals surface area contributed by atoms with Gasteiger partial charge in [0, 0.05) is 17.1 Å². The van der Waals surface area contributed by atoms with Gasteiger partial charge in [0.15, 0.2) is 0 Å². The molecule has 3 rings (SSSR count). The van der Waals surface area contributed by atoms with Crippen molar-refractivity contribution in [2.75, 3.05) is 19.7 Å². The lowest BCUT2D eigenvalue weighted by molar-refractivity contribution is -0.0230. The minimum absolute atomic E-state index is 0.00836. The van der Waals surface area contributed by atoms with Crippen LogP contribution in [0.3, 0.4) is 0 Å². The zero-order valence-electron chi connectivity index (χ0n) is 13.4. The van der Waals surface area contributed by atoms with Crippen LogP contribution in [-0.4, -0.2) is 30.5 Å². The second-order valence-corrected chi connectivity index (χ2v) is 6.70. The molecule has 1 amide bonds. The smallest absolute Gasteiger partial charge is 0.257 e. The van der Waals surface area contributed by atoms with Gasteiger partial charge < -0.3 is 9.64 Å². The quantitative estimate of drug-likeness (QED) is 0.695. The van der Waals surface area contributed by atoms with Gasteiger partial charge >= 0.3 is 0 Å². The van der Waals surface area contributed by atoms with Crippen LogP contribution in [0.2, 0.25) is 10.0 Å². The van der Waals surface area contributed by atoms with Gasteiger partial charge in [-0.15, -0.1) is 0 Å². The molecule has 2 aromatic carbocycles. The maximum atomic E-state index is 14.0. The fourth-order valence-electron chi connectivity index (χ4n) is 2.78. The minimum atomic E-state index is -0.613. The highest BCUT2D eigenvalue weighted by atomic mass is 35.5. The van der Waals surface area contributed by atoms with E-state index in [1.54, 1.807) is 13.0 Å².